The fourth-order valence-corrected chi connectivity index (χ4v) is 1.15. The van der Waals surface area contributed by atoms with Crippen molar-refractivity contribution in [2.45, 2.75) is 6.10 Å². The van der Waals surface area contributed by atoms with E-state index >= 15 is 0 Å². The molecule has 4 nitrogen and oxygen atoms in total. The quantitative estimate of drug-likeness (QED) is 0.489. The number of nitrogens with two attached hydrogens (primary N) is 1. The number of aromatic nitrogens is 1. The van der Waals surface area contributed by atoms with Crippen molar-refractivity contribution in [3.05, 3.63) is 30.1 Å². The summed E-state index contributed by atoms with van der Waals surface area (Å²) in [5, 5.41) is 7.21. The van der Waals surface area contributed by atoms with Crippen molar-refractivity contribution in [3.63, 3.8) is 0 Å². The second-order valence-corrected chi connectivity index (χ2v) is 2.74. The van der Waals surface area contributed by atoms with Gasteiger partial charge in [0, 0.05) is 6.20 Å². The van der Waals surface area contributed by atoms with Gasteiger partial charge in [-0.25, -0.2) is 0 Å². The summed E-state index contributed by atoms with van der Waals surface area (Å²) >= 11 is 0. The van der Waals surface area contributed by atoms with Crippen molar-refractivity contribution in [2.24, 2.45) is 5.73 Å². The second-order valence-electron chi connectivity index (χ2n) is 2.74. The lowest BCUT2D eigenvalue weighted by Crippen LogP contribution is -2.32. The molecule has 0 aliphatic carbocycles. The fourth-order valence-electron chi connectivity index (χ4n) is 1.15. The van der Waals surface area contributed by atoms with E-state index in [1.54, 1.807) is 18.3 Å². The van der Waals surface area contributed by atoms with Crippen molar-refractivity contribution < 1.29 is 4.74 Å². The molecule has 1 aromatic heterocycles. The predicted octanol–water partition coefficient (Wildman–Crippen LogP) is 0.792. The number of nitrogens with one attached hydrogen (secondary N) is 1. The molecule has 1 aliphatic heterocycles. The number of rotatable bonds is 1. The second kappa shape index (κ2) is 2.90. The molecule has 1 unspecified atom stereocenters. The van der Waals surface area contributed by atoms with Gasteiger partial charge in [-0.15, -0.1) is 0 Å². The van der Waals surface area contributed by atoms with Gasteiger partial charge in [0.15, 0.2) is 6.10 Å². The molecule has 0 fully saturated rings. The van der Waals surface area contributed by atoms with E-state index in [1.807, 2.05) is 12.1 Å². The van der Waals surface area contributed by atoms with Crippen LogP contribution in [0.1, 0.15) is 5.69 Å². The van der Waals surface area contributed by atoms with Crippen LogP contribution in [0.25, 0.3) is 6.08 Å². The van der Waals surface area contributed by atoms with E-state index in [9.17, 15) is 0 Å². The SMILES string of the molecule is N=C(N)C1C=Cc2ncccc2O1. The average Bonchev–Trinajstić information content (AvgIpc) is 2.17. The third-order valence-corrected chi connectivity index (χ3v) is 1.79. The van der Waals surface area contributed by atoms with Gasteiger partial charge in [-0.2, -0.15) is 0 Å². The van der Waals surface area contributed by atoms with E-state index in [1.165, 1.54) is 0 Å². The summed E-state index contributed by atoms with van der Waals surface area (Å²) < 4.78 is 5.39. The lowest BCUT2D eigenvalue weighted by atomic mass is 10.2. The van der Waals surface area contributed by atoms with Crippen LogP contribution in [-0.2, 0) is 0 Å². The van der Waals surface area contributed by atoms with Gasteiger partial charge in [0.2, 0.25) is 0 Å². The Kier molecular flexibility index (Phi) is 1.73. The molecule has 13 heavy (non-hydrogen) atoms. The van der Waals surface area contributed by atoms with Gasteiger partial charge in [-0.05, 0) is 24.3 Å². The van der Waals surface area contributed by atoms with Crippen LogP contribution in [0.2, 0.25) is 0 Å². The smallest absolute Gasteiger partial charge is 0.173 e. The van der Waals surface area contributed by atoms with E-state index in [-0.39, 0.29) is 5.84 Å². The average molecular weight is 175 g/mol. The van der Waals surface area contributed by atoms with Crippen LogP contribution in [0.5, 0.6) is 5.75 Å². The van der Waals surface area contributed by atoms with E-state index < -0.39 is 6.10 Å². The topological polar surface area (TPSA) is 72.0 Å². The number of nitrogens with zero attached hydrogens (tertiary/aromatic N) is 1. The molecule has 0 aromatic carbocycles. The zero-order valence-electron chi connectivity index (χ0n) is 6.90. The maximum atomic E-state index is 7.21. The van der Waals surface area contributed by atoms with Gasteiger partial charge >= 0.3 is 0 Å². The molecule has 0 amide bonds. The molecule has 1 aliphatic rings. The molecule has 3 N–H and O–H groups in total. The van der Waals surface area contributed by atoms with Gasteiger partial charge in [-0.3, -0.25) is 10.4 Å². The maximum absolute atomic E-state index is 7.21. The Labute approximate surface area is 75.6 Å². The van der Waals surface area contributed by atoms with E-state index in [0.717, 1.165) is 5.69 Å². The highest BCUT2D eigenvalue weighted by molar-refractivity contribution is 5.86. The zero-order chi connectivity index (χ0) is 9.26. The number of fused-ring (bicyclic) bond motifs is 1. The first-order valence-corrected chi connectivity index (χ1v) is 3.91. The summed E-state index contributed by atoms with van der Waals surface area (Å²) in [7, 11) is 0. The molecule has 0 saturated carbocycles. The summed E-state index contributed by atoms with van der Waals surface area (Å²) in [5.41, 5.74) is 6.09. The molecule has 0 saturated heterocycles. The van der Waals surface area contributed by atoms with Gasteiger partial charge in [0.25, 0.3) is 0 Å². The van der Waals surface area contributed by atoms with Gasteiger partial charge in [0.1, 0.15) is 17.3 Å². The third-order valence-electron chi connectivity index (χ3n) is 1.79. The molecule has 1 aromatic rings. The van der Waals surface area contributed by atoms with E-state index in [0.29, 0.717) is 5.75 Å². The maximum Gasteiger partial charge on any atom is 0.173 e. The minimum atomic E-state index is -0.448. The fraction of sp³-hybridized carbons (Fsp3) is 0.111. The first-order valence-electron chi connectivity index (χ1n) is 3.91. The van der Waals surface area contributed by atoms with Crippen LogP contribution in [-0.4, -0.2) is 16.9 Å². The Morgan fingerprint density at radius 3 is 3.23 bits per heavy atom. The molecule has 66 valence electrons. The van der Waals surface area contributed by atoms with Crippen LogP contribution < -0.4 is 10.5 Å². The van der Waals surface area contributed by atoms with Gasteiger partial charge in [0.05, 0.1) is 0 Å². The minimum Gasteiger partial charge on any atom is -0.476 e. The number of ether oxygens (including phenoxy) is 1. The van der Waals surface area contributed by atoms with Gasteiger partial charge in [-0.1, -0.05) is 0 Å². The molecular weight excluding hydrogens is 166 g/mol. The Hall–Kier alpha value is -1.84. The summed E-state index contributed by atoms with van der Waals surface area (Å²) in [4.78, 5) is 4.09. The molecule has 2 rings (SSSR count). The molecule has 4 heteroatoms. The van der Waals surface area contributed by atoms with Crippen molar-refractivity contribution in [3.8, 4) is 5.75 Å². The van der Waals surface area contributed by atoms with Crippen LogP contribution in [0.3, 0.4) is 0 Å². The molecule has 0 radical (unpaired) electrons. The lowest BCUT2D eigenvalue weighted by molar-refractivity contribution is 0.305. The molecule has 1 atom stereocenters. The number of hydrogen-bond donors (Lipinski definition) is 2. The highest BCUT2D eigenvalue weighted by Crippen LogP contribution is 2.22. The summed E-state index contributed by atoms with van der Waals surface area (Å²) in [6.07, 6.45) is 4.78. The Morgan fingerprint density at radius 1 is 1.62 bits per heavy atom. The Bertz CT molecular complexity index is 373. The normalized spacial score (nSPS) is 18.9. The summed E-state index contributed by atoms with van der Waals surface area (Å²) in [6, 6.07) is 3.59. The molecule has 0 spiro atoms. The molecular formula is C9H9N3O. The van der Waals surface area contributed by atoms with Crippen molar-refractivity contribution in [2.75, 3.05) is 0 Å². The van der Waals surface area contributed by atoms with Crippen LogP contribution in [0.15, 0.2) is 24.4 Å². The lowest BCUT2D eigenvalue weighted by Gasteiger charge is -2.19. The van der Waals surface area contributed by atoms with Crippen molar-refractivity contribution >= 4 is 11.9 Å². The largest absolute Gasteiger partial charge is 0.476 e. The van der Waals surface area contributed by atoms with E-state index in [2.05, 4.69) is 4.98 Å². The molecule has 0 bridgehead atoms. The first kappa shape index (κ1) is 7.79. The zero-order valence-corrected chi connectivity index (χ0v) is 6.90. The predicted molar refractivity (Wildman–Crippen MR) is 49.6 cm³/mol. The van der Waals surface area contributed by atoms with Crippen LogP contribution in [0.4, 0.5) is 0 Å². The first-order chi connectivity index (χ1) is 6.27. The third kappa shape index (κ3) is 1.38. The van der Waals surface area contributed by atoms with Crippen LogP contribution in [0, 0.1) is 5.41 Å². The standard InChI is InChI=1S/C9H9N3O/c10-9(11)8-4-3-6-7(13-8)2-1-5-12-6/h1-5,8H,(H3,10,11). The summed E-state index contributed by atoms with van der Waals surface area (Å²) in [5.74, 6) is 0.677. The van der Waals surface area contributed by atoms with Crippen molar-refractivity contribution in [1.29, 1.82) is 5.41 Å². The number of hydrogen-bond acceptors (Lipinski definition) is 3. The minimum absolute atomic E-state index is 0.00533. The Morgan fingerprint density at radius 2 is 2.46 bits per heavy atom. The highest BCUT2D eigenvalue weighted by Gasteiger charge is 2.16. The highest BCUT2D eigenvalue weighted by atomic mass is 16.5. The monoisotopic (exact) mass is 175 g/mol. The van der Waals surface area contributed by atoms with Crippen molar-refractivity contribution in [1.82, 2.24) is 4.98 Å². The Balaban J connectivity index is 2.34. The van der Waals surface area contributed by atoms with Crippen LogP contribution >= 0.6 is 0 Å². The molecule has 2 heterocycles. The number of amidine groups is 1. The van der Waals surface area contributed by atoms with E-state index in [4.69, 9.17) is 15.9 Å². The summed E-state index contributed by atoms with van der Waals surface area (Å²) in [6.45, 7) is 0. The van der Waals surface area contributed by atoms with Gasteiger partial charge < -0.3 is 10.5 Å². The number of pyridine rings is 1.